The number of aromatic hydroxyl groups is 1. The predicted octanol–water partition coefficient (Wildman–Crippen LogP) is 6.98. The molecule has 0 bridgehead atoms. The summed E-state index contributed by atoms with van der Waals surface area (Å²) in [6, 6.07) is 7.22. The van der Waals surface area contributed by atoms with Gasteiger partial charge in [-0.05, 0) is 56.0 Å². The van der Waals surface area contributed by atoms with Crippen molar-refractivity contribution in [1.29, 1.82) is 0 Å². The molecule has 2 aromatic carbocycles. The second kappa shape index (κ2) is 15.1. The van der Waals surface area contributed by atoms with E-state index in [1.165, 1.54) is 38.5 Å². The van der Waals surface area contributed by atoms with Gasteiger partial charge >= 0.3 is 5.97 Å². The molecule has 0 unspecified atom stereocenters. The smallest absolute Gasteiger partial charge is 0.341 e. The number of phenols is 1. The average Bonchev–Trinajstić information content (AvgIpc) is 2.95. The molecule has 7 nitrogen and oxygen atoms in total. The maximum atomic E-state index is 14.1. The second-order valence-electron chi connectivity index (χ2n) is 9.90. The normalized spacial score (nSPS) is 13.6. The third-order valence-electron chi connectivity index (χ3n) is 7.11. The van der Waals surface area contributed by atoms with Crippen LogP contribution in [0.4, 0.5) is 8.78 Å². The zero-order valence-electron chi connectivity index (χ0n) is 23.7. The van der Waals surface area contributed by atoms with Gasteiger partial charge in [0.15, 0.2) is 0 Å². The van der Waals surface area contributed by atoms with Crippen LogP contribution in [-0.4, -0.2) is 43.5 Å². The molecule has 2 aromatic rings. The van der Waals surface area contributed by atoms with E-state index in [1.807, 2.05) is 0 Å². The lowest BCUT2D eigenvalue weighted by Crippen LogP contribution is -2.25. The Bertz CT molecular complexity index is 1340. The van der Waals surface area contributed by atoms with E-state index in [2.05, 4.69) is 0 Å². The van der Waals surface area contributed by atoms with Crippen LogP contribution >= 0.6 is 0 Å². The van der Waals surface area contributed by atoms with Crippen molar-refractivity contribution >= 4 is 17.5 Å². The topological polar surface area (TPSA) is 99.1 Å². The number of Topliss-reactive ketones (excluding diaryl/α,β-unsaturated/α-hetero) is 2. The molecule has 3 rings (SSSR count). The number of unbranched alkanes of at least 4 members (excludes halogenated alkanes) is 7. The molecule has 41 heavy (non-hydrogen) atoms. The number of carbonyl (C=O) groups excluding carboxylic acids is 3. The zero-order chi connectivity index (χ0) is 29.9. The summed E-state index contributed by atoms with van der Waals surface area (Å²) in [7, 11) is 2.70. The van der Waals surface area contributed by atoms with Crippen molar-refractivity contribution in [1.82, 2.24) is 0 Å². The number of hydrogen-bond donors (Lipinski definition) is 1. The highest BCUT2D eigenvalue weighted by Crippen LogP contribution is 2.30. The van der Waals surface area contributed by atoms with Crippen molar-refractivity contribution in [2.24, 2.45) is 0 Å². The van der Waals surface area contributed by atoms with Crippen LogP contribution in [0.2, 0.25) is 0 Å². The maximum absolute atomic E-state index is 14.1. The van der Waals surface area contributed by atoms with Crippen molar-refractivity contribution < 1.29 is 42.5 Å². The van der Waals surface area contributed by atoms with Crippen LogP contribution in [0.25, 0.3) is 11.1 Å². The molecule has 9 heteroatoms. The van der Waals surface area contributed by atoms with Crippen molar-refractivity contribution in [2.75, 3.05) is 20.8 Å². The second-order valence-corrected chi connectivity index (χ2v) is 9.90. The van der Waals surface area contributed by atoms with E-state index in [-0.39, 0.29) is 46.6 Å². The standard InChI is InChI=1S/C32H36F2O7/c1-20-23(29(37)31(40-3)30(39-2)28(20)36)12-10-8-6-4-5-7-9-11-17-41-32(38)25-18-21(13-16-27(25)35)24-15-14-22(33)19-26(24)34/h13-16,18-19,35H,4-12,17H2,1-3H3. The number of allylic oxidation sites excluding steroid dienone is 2. The summed E-state index contributed by atoms with van der Waals surface area (Å²) >= 11 is 0. The van der Waals surface area contributed by atoms with Gasteiger partial charge in [0.25, 0.3) is 0 Å². The Labute approximate surface area is 238 Å². The summed E-state index contributed by atoms with van der Waals surface area (Å²) in [5, 5.41) is 10.1. The molecule has 0 fully saturated rings. The largest absolute Gasteiger partial charge is 0.507 e. The van der Waals surface area contributed by atoms with Crippen molar-refractivity contribution in [3.63, 3.8) is 0 Å². The average molecular weight is 571 g/mol. The SMILES string of the molecule is COC1=C(OC)C(=O)C(CCCCCCCCCCOC(=O)c2cc(-c3ccc(F)cc3F)ccc2O)=C(C)C1=O. The van der Waals surface area contributed by atoms with Gasteiger partial charge in [-0.15, -0.1) is 0 Å². The van der Waals surface area contributed by atoms with E-state index in [1.54, 1.807) is 6.92 Å². The number of carbonyl (C=O) groups is 3. The third-order valence-corrected chi connectivity index (χ3v) is 7.11. The molecule has 0 spiro atoms. The Morgan fingerprint density at radius 1 is 0.805 bits per heavy atom. The molecule has 0 amide bonds. The molecular weight excluding hydrogens is 534 g/mol. The summed E-state index contributed by atoms with van der Waals surface area (Å²) in [5.74, 6) is -3.12. The van der Waals surface area contributed by atoms with E-state index < -0.39 is 17.6 Å². The first-order valence-corrected chi connectivity index (χ1v) is 13.8. The van der Waals surface area contributed by atoms with Gasteiger partial charge in [-0.3, -0.25) is 9.59 Å². The van der Waals surface area contributed by atoms with Gasteiger partial charge in [0, 0.05) is 22.8 Å². The number of hydrogen-bond acceptors (Lipinski definition) is 7. The predicted molar refractivity (Wildman–Crippen MR) is 149 cm³/mol. The highest BCUT2D eigenvalue weighted by Gasteiger charge is 2.34. The van der Waals surface area contributed by atoms with Crippen molar-refractivity contribution in [3.05, 3.63) is 76.3 Å². The summed E-state index contributed by atoms with van der Waals surface area (Å²) < 4.78 is 42.8. The van der Waals surface area contributed by atoms with Gasteiger partial charge in [0.2, 0.25) is 23.1 Å². The van der Waals surface area contributed by atoms with Crippen LogP contribution in [0.1, 0.15) is 75.1 Å². The summed E-state index contributed by atoms with van der Waals surface area (Å²) in [6.45, 7) is 1.84. The molecule has 220 valence electrons. The number of rotatable bonds is 15. The van der Waals surface area contributed by atoms with E-state index in [9.17, 15) is 28.3 Å². The summed E-state index contributed by atoms with van der Waals surface area (Å²) in [4.78, 5) is 37.6. The Balaban J connectivity index is 1.31. The van der Waals surface area contributed by atoms with Crippen LogP contribution in [0.3, 0.4) is 0 Å². The van der Waals surface area contributed by atoms with Gasteiger partial charge < -0.3 is 19.3 Å². The fourth-order valence-electron chi connectivity index (χ4n) is 4.79. The lowest BCUT2D eigenvalue weighted by molar-refractivity contribution is -0.121. The van der Waals surface area contributed by atoms with Gasteiger partial charge in [0.05, 0.1) is 20.8 Å². The van der Waals surface area contributed by atoms with Gasteiger partial charge in [-0.25, -0.2) is 13.6 Å². The highest BCUT2D eigenvalue weighted by atomic mass is 19.1. The molecule has 0 saturated carbocycles. The minimum Gasteiger partial charge on any atom is -0.507 e. The first kappa shape index (κ1) is 31.5. The van der Waals surface area contributed by atoms with Crippen molar-refractivity contribution in [2.45, 2.75) is 64.7 Å². The van der Waals surface area contributed by atoms with Gasteiger partial charge in [0.1, 0.15) is 22.9 Å². The van der Waals surface area contributed by atoms with E-state index in [0.29, 0.717) is 29.6 Å². The number of methoxy groups -OCH3 is 2. The quantitative estimate of drug-likeness (QED) is 0.140. The number of esters is 1. The van der Waals surface area contributed by atoms with Gasteiger partial charge in [-0.2, -0.15) is 0 Å². The molecule has 0 aliphatic heterocycles. The lowest BCUT2D eigenvalue weighted by atomic mass is 9.89. The number of ether oxygens (including phenoxy) is 3. The number of phenolic OH excluding ortho intramolecular Hbond substituents is 1. The molecule has 0 radical (unpaired) electrons. The fraction of sp³-hybridized carbons (Fsp3) is 0.406. The minimum atomic E-state index is -0.766. The zero-order valence-corrected chi connectivity index (χ0v) is 23.7. The highest BCUT2D eigenvalue weighted by molar-refractivity contribution is 6.23. The van der Waals surface area contributed by atoms with Crippen LogP contribution in [0.15, 0.2) is 59.1 Å². The third kappa shape index (κ3) is 8.02. The van der Waals surface area contributed by atoms with Crippen molar-refractivity contribution in [3.8, 4) is 16.9 Å². The number of ketones is 2. The Hall–Kier alpha value is -4.01. The molecule has 1 aliphatic rings. The van der Waals surface area contributed by atoms with Gasteiger partial charge in [-0.1, -0.05) is 44.6 Å². The van der Waals surface area contributed by atoms with Crippen LogP contribution in [0, 0.1) is 11.6 Å². The van der Waals surface area contributed by atoms with Crippen LogP contribution in [0.5, 0.6) is 5.75 Å². The Morgan fingerprint density at radius 3 is 2.05 bits per heavy atom. The summed E-state index contributed by atoms with van der Waals surface area (Å²) in [6.07, 6.45) is 7.81. The van der Waals surface area contributed by atoms with E-state index in [4.69, 9.17) is 14.2 Å². The Kier molecular flexibility index (Phi) is 11.6. The maximum Gasteiger partial charge on any atom is 0.341 e. The molecule has 0 atom stereocenters. The first-order valence-electron chi connectivity index (χ1n) is 13.8. The first-order chi connectivity index (χ1) is 19.7. The number of benzene rings is 2. The monoisotopic (exact) mass is 570 g/mol. The molecule has 1 aliphatic carbocycles. The minimum absolute atomic E-state index is 0.0329. The van der Waals surface area contributed by atoms with E-state index >= 15 is 0 Å². The molecular formula is C32H36F2O7. The summed E-state index contributed by atoms with van der Waals surface area (Å²) in [5.41, 5.74) is 1.27. The van der Waals surface area contributed by atoms with E-state index in [0.717, 1.165) is 57.1 Å². The fourth-order valence-corrected chi connectivity index (χ4v) is 4.79. The lowest BCUT2D eigenvalue weighted by Gasteiger charge is -2.20. The molecule has 0 aromatic heterocycles. The molecule has 1 N–H and O–H groups in total. The molecule has 0 saturated heterocycles. The van der Waals surface area contributed by atoms with Crippen LogP contribution in [-0.2, 0) is 23.8 Å². The molecule has 0 heterocycles. The Morgan fingerprint density at radius 2 is 1.41 bits per heavy atom. The number of halogens is 2. The van der Waals surface area contributed by atoms with Crippen LogP contribution < -0.4 is 0 Å².